The number of hydrogen-bond acceptors (Lipinski definition) is 3. The highest BCUT2D eigenvalue weighted by Gasteiger charge is 2.23. The van der Waals surface area contributed by atoms with Gasteiger partial charge in [-0.1, -0.05) is 12.1 Å². The molecule has 1 fully saturated rings. The zero-order valence-electron chi connectivity index (χ0n) is 11.6. The summed E-state index contributed by atoms with van der Waals surface area (Å²) in [6.45, 7) is 5.68. The normalized spacial score (nSPS) is 19.1. The van der Waals surface area contributed by atoms with Crippen LogP contribution in [0.25, 0.3) is 0 Å². The summed E-state index contributed by atoms with van der Waals surface area (Å²) in [7, 11) is 0. The molecule has 0 bridgehead atoms. The topological polar surface area (TPSA) is 52.6 Å². The zero-order chi connectivity index (χ0) is 13.8. The molecule has 0 radical (unpaired) electrons. The quantitative estimate of drug-likeness (QED) is 0.876. The molecular formula is C15H22N2O2. The average Bonchev–Trinajstić information content (AvgIpc) is 2.38. The van der Waals surface area contributed by atoms with Crippen LogP contribution >= 0.6 is 0 Å². The summed E-state index contributed by atoms with van der Waals surface area (Å²) in [5.74, 6) is 0.372. The lowest BCUT2D eigenvalue weighted by Gasteiger charge is -2.36. The second-order valence-electron chi connectivity index (χ2n) is 5.28. The highest BCUT2D eigenvalue weighted by Crippen LogP contribution is 2.26. The van der Waals surface area contributed by atoms with Gasteiger partial charge in [0, 0.05) is 32.1 Å². The van der Waals surface area contributed by atoms with Crippen molar-refractivity contribution >= 4 is 5.91 Å². The van der Waals surface area contributed by atoms with Crippen LogP contribution in [0.2, 0.25) is 0 Å². The van der Waals surface area contributed by atoms with Crippen molar-refractivity contribution in [3.8, 4) is 5.75 Å². The molecule has 19 heavy (non-hydrogen) atoms. The first-order valence-electron chi connectivity index (χ1n) is 6.86. The Kier molecular flexibility index (Phi) is 4.43. The van der Waals surface area contributed by atoms with Gasteiger partial charge in [-0.05, 0) is 37.5 Å². The first-order valence-corrected chi connectivity index (χ1v) is 6.86. The minimum atomic E-state index is 0.0551. The Morgan fingerprint density at radius 2 is 2.11 bits per heavy atom. The number of amides is 1. The van der Waals surface area contributed by atoms with E-state index < -0.39 is 0 Å². The van der Waals surface area contributed by atoms with Crippen molar-refractivity contribution in [1.82, 2.24) is 10.2 Å². The molecular weight excluding hydrogens is 240 g/mol. The van der Waals surface area contributed by atoms with Gasteiger partial charge in [0.05, 0.1) is 0 Å². The second-order valence-corrected chi connectivity index (χ2v) is 5.28. The molecule has 1 aromatic carbocycles. The Bertz CT molecular complexity index is 440. The van der Waals surface area contributed by atoms with Gasteiger partial charge in [-0.2, -0.15) is 0 Å². The third-order valence-electron chi connectivity index (χ3n) is 3.84. The van der Waals surface area contributed by atoms with Crippen LogP contribution < -0.4 is 5.32 Å². The Balaban J connectivity index is 1.92. The first-order chi connectivity index (χ1) is 9.06. The maximum absolute atomic E-state index is 11.0. The van der Waals surface area contributed by atoms with E-state index >= 15 is 0 Å². The van der Waals surface area contributed by atoms with Crippen molar-refractivity contribution in [2.45, 2.75) is 38.8 Å². The summed E-state index contributed by atoms with van der Waals surface area (Å²) in [4.78, 5) is 13.4. The van der Waals surface area contributed by atoms with Gasteiger partial charge in [-0.25, -0.2) is 0 Å². The Labute approximate surface area is 114 Å². The van der Waals surface area contributed by atoms with Gasteiger partial charge in [0.1, 0.15) is 5.75 Å². The van der Waals surface area contributed by atoms with Crippen molar-refractivity contribution in [2.24, 2.45) is 0 Å². The Hall–Kier alpha value is -1.55. The van der Waals surface area contributed by atoms with Crippen LogP contribution in [0.5, 0.6) is 5.75 Å². The summed E-state index contributed by atoms with van der Waals surface area (Å²) >= 11 is 0. The molecule has 2 N–H and O–H groups in total. The molecule has 1 heterocycles. The number of nitrogens with one attached hydrogen (secondary N) is 1. The maximum Gasteiger partial charge on any atom is 0.217 e. The molecule has 0 aliphatic carbocycles. The van der Waals surface area contributed by atoms with Crippen LogP contribution in [-0.2, 0) is 4.79 Å². The number of likely N-dealkylation sites (tertiary alicyclic amines) is 1. The lowest BCUT2D eigenvalue weighted by Crippen LogP contribution is -2.44. The van der Waals surface area contributed by atoms with Crippen LogP contribution in [0.1, 0.15) is 38.3 Å². The molecule has 1 aliphatic rings. The predicted molar refractivity (Wildman–Crippen MR) is 74.9 cm³/mol. The average molecular weight is 262 g/mol. The standard InChI is InChI=1S/C15H22N2O2/c1-11(13-4-3-5-15(19)10-13)17-8-6-14(7-9-17)16-12(2)18/h3-5,10-11,14,19H,6-9H2,1-2H3,(H,16,18). The monoisotopic (exact) mass is 262 g/mol. The second kappa shape index (κ2) is 6.06. The highest BCUT2D eigenvalue weighted by molar-refractivity contribution is 5.73. The van der Waals surface area contributed by atoms with Gasteiger partial charge in [0.25, 0.3) is 0 Å². The van der Waals surface area contributed by atoms with Crippen LogP contribution in [0, 0.1) is 0 Å². The smallest absolute Gasteiger partial charge is 0.217 e. The SMILES string of the molecule is CC(=O)NC1CCN(C(C)c2cccc(O)c2)CC1. The van der Waals surface area contributed by atoms with E-state index in [-0.39, 0.29) is 5.91 Å². The van der Waals surface area contributed by atoms with Gasteiger partial charge in [0.15, 0.2) is 0 Å². The number of phenols is 1. The lowest BCUT2D eigenvalue weighted by atomic mass is 10.00. The van der Waals surface area contributed by atoms with E-state index in [1.54, 1.807) is 13.0 Å². The summed E-state index contributed by atoms with van der Waals surface area (Å²) in [5.41, 5.74) is 1.14. The lowest BCUT2D eigenvalue weighted by molar-refractivity contribution is -0.120. The molecule has 0 saturated carbocycles. The Morgan fingerprint density at radius 1 is 1.42 bits per heavy atom. The molecule has 4 heteroatoms. The third-order valence-corrected chi connectivity index (χ3v) is 3.84. The number of aromatic hydroxyl groups is 1. The van der Waals surface area contributed by atoms with Crippen LogP contribution in [-0.4, -0.2) is 35.0 Å². The number of carbonyl (C=O) groups excluding carboxylic acids is 1. The Morgan fingerprint density at radius 3 is 2.68 bits per heavy atom. The van der Waals surface area contributed by atoms with Crippen molar-refractivity contribution in [2.75, 3.05) is 13.1 Å². The van der Waals surface area contributed by atoms with E-state index in [1.165, 1.54) is 0 Å². The molecule has 104 valence electrons. The fraction of sp³-hybridized carbons (Fsp3) is 0.533. The van der Waals surface area contributed by atoms with E-state index in [9.17, 15) is 9.90 Å². The van der Waals surface area contributed by atoms with Gasteiger partial charge < -0.3 is 10.4 Å². The summed E-state index contributed by atoms with van der Waals surface area (Å²) < 4.78 is 0. The van der Waals surface area contributed by atoms with E-state index in [4.69, 9.17) is 0 Å². The van der Waals surface area contributed by atoms with Gasteiger partial charge in [-0.15, -0.1) is 0 Å². The molecule has 1 aliphatic heterocycles. The maximum atomic E-state index is 11.0. The number of piperidine rings is 1. The molecule has 2 rings (SSSR count). The fourth-order valence-corrected chi connectivity index (χ4v) is 2.71. The molecule has 4 nitrogen and oxygen atoms in total. The number of benzene rings is 1. The van der Waals surface area contributed by atoms with Gasteiger partial charge in [-0.3, -0.25) is 9.69 Å². The van der Waals surface area contributed by atoms with E-state index in [0.717, 1.165) is 31.5 Å². The molecule has 1 saturated heterocycles. The fourth-order valence-electron chi connectivity index (χ4n) is 2.71. The number of nitrogens with zero attached hydrogens (tertiary/aromatic N) is 1. The zero-order valence-corrected chi connectivity index (χ0v) is 11.6. The molecule has 0 aromatic heterocycles. The minimum absolute atomic E-state index is 0.0551. The number of phenolic OH excluding ortho intramolecular Hbond substituents is 1. The van der Waals surface area contributed by atoms with Gasteiger partial charge in [0.2, 0.25) is 5.91 Å². The summed E-state index contributed by atoms with van der Waals surface area (Å²) in [5, 5.41) is 12.5. The van der Waals surface area contributed by atoms with E-state index in [1.807, 2.05) is 18.2 Å². The van der Waals surface area contributed by atoms with E-state index in [2.05, 4.69) is 17.1 Å². The molecule has 1 aromatic rings. The predicted octanol–water partition coefficient (Wildman–Crippen LogP) is 2.05. The van der Waals surface area contributed by atoms with Gasteiger partial charge >= 0.3 is 0 Å². The number of hydrogen-bond donors (Lipinski definition) is 2. The summed E-state index contributed by atoms with van der Waals surface area (Å²) in [6.07, 6.45) is 1.98. The van der Waals surface area contributed by atoms with Crippen molar-refractivity contribution in [1.29, 1.82) is 0 Å². The molecule has 1 amide bonds. The first kappa shape index (κ1) is 13.9. The molecule has 1 atom stereocenters. The van der Waals surface area contributed by atoms with Crippen molar-refractivity contribution in [3.05, 3.63) is 29.8 Å². The van der Waals surface area contributed by atoms with Crippen LogP contribution in [0.4, 0.5) is 0 Å². The van der Waals surface area contributed by atoms with E-state index in [0.29, 0.717) is 17.8 Å². The molecule has 1 unspecified atom stereocenters. The van der Waals surface area contributed by atoms with Crippen molar-refractivity contribution < 1.29 is 9.90 Å². The van der Waals surface area contributed by atoms with Crippen LogP contribution in [0.3, 0.4) is 0 Å². The summed E-state index contributed by atoms with van der Waals surface area (Å²) in [6, 6.07) is 8.05. The third kappa shape index (κ3) is 3.70. The van der Waals surface area contributed by atoms with Crippen LogP contribution in [0.15, 0.2) is 24.3 Å². The minimum Gasteiger partial charge on any atom is -0.508 e. The highest BCUT2D eigenvalue weighted by atomic mass is 16.3. The number of carbonyl (C=O) groups is 1. The largest absolute Gasteiger partial charge is 0.508 e. The van der Waals surface area contributed by atoms with Crippen molar-refractivity contribution in [3.63, 3.8) is 0 Å². The molecule has 0 spiro atoms. The number of rotatable bonds is 3.